The number of hydrogen-bond donors (Lipinski definition) is 1. The van der Waals surface area contributed by atoms with Crippen LogP contribution in [0, 0.1) is 13.8 Å². The van der Waals surface area contributed by atoms with Gasteiger partial charge in [-0.05, 0) is 82.1 Å². The van der Waals surface area contributed by atoms with E-state index < -0.39 is 0 Å². The fraction of sp³-hybridized carbons (Fsp3) is 0.684. The summed E-state index contributed by atoms with van der Waals surface area (Å²) >= 11 is 0. The standard InChI is InChI=1S/C19H31NO/c1-17-10-11-19(16-18(17)2)21-15-9-4-3-6-12-20-13-7-5-8-14-20/h10-11,16H,3-9,12-15H2,1-2H3/p+1. The maximum Gasteiger partial charge on any atom is 0.119 e. The van der Waals surface area contributed by atoms with Crippen LogP contribution in [0.5, 0.6) is 5.75 Å². The molecule has 0 spiro atoms. The zero-order valence-corrected chi connectivity index (χ0v) is 13.9. The summed E-state index contributed by atoms with van der Waals surface area (Å²) in [6, 6.07) is 6.38. The van der Waals surface area contributed by atoms with Gasteiger partial charge in [0, 0.05) is 0 Å². The molecule has 0 radical (unpaired) electrons. The van der Waals surface area contributed by atoms with Crippen molar-refractivity contribution in [3.63, 3.8) is 0 Å². The van der Waals surface area contributed by atoms with Crippen LogP contribution in [0.25, 0.3) is 0 Å². The summed E-state index contributed by atoms with van der Waals surface area (Å²) in [5.74, 6) is 1.02. The van der Waals surface area contributed by atoms with Crippen LogP contribution in [0.1, 0.15) is 56.1 Å². The highest BCUT2D eigenvalue weighted by molar-refractivity contribution is 5.33. The average molecular weight is 290 g/mol. The maximum absolute atomic E-state index is 5.83. The zero-order chi connectivity index (χ0) is 14.9. The lowest BCUT2D eigenvalue weighted by Gasteiger charge is -2.23. The molecule has 0 amide bonds. The van der Waals surface area contributed by atoms with Crippen LogP contribution < -0.4 is 9.64 Å². The van der Waals surface area contributed by atoms with Gasteiger partial charge in [0.15, 0.2) is 0 Å². The van der Waals surface area contributed by atoms with Crippen molar-refractivity contribution in [2.45, 2.75) is 58.8 Å². The number of hydrogen-bond acceptors (Lipinski definition) is 1. The van der Waals surface area contributed by atoms with E-state index in [-0.39, 0.29) is 0 Å². The monoisotopic (exact) mass is 290 g/mol. The quantitative estimate of drug-likeness (QED) is 0.725. The van der Waals surface area contributed by atoms with Crippen molar-refractivity contribution in [3.05, 3.63) is 29.3 Å². The maximum atomic E-state index is 5.83. The van der Waals surface area contributed by atoms with E-state index in [0.29, 0.717) is 0 Å². The van der Waals surface area contributed by atoms with Crippen LogP contribution in [0.15, 0.2) is 18.2 Å². The number of aryl methyl sites for hydroxylation is 2. The predicted molar refractivity (Wildman–Crippen MR) is 89.3 cm³/mol. The second-order valence-electron chi connectivity index (χ2n) is 6.57. The molecule has 21 heavy (non-hydrogen) atoms. The van der Waals surface area contributed by atoms with Crippen LogP contribution in [0.4, 0.5) is 0 Å². The van der Waals surface area contributed by atoms with Gasteiger partial charge in [0.1, 0.15) is 5.75 Å². The lowest BCUT2D eigenvalue weighted by molar-refractivity contribution is -0.905. The van der Waals surface area contributed by atoms with Crippen molar-refractivity contribution >= 4 is 0 Å². The third-order valence-corrected chi connectivity index (χ3v) is 4.73. The Morgan fingerprint density at radius 2 is 1.67 bits per heavy atom. The van der Waals surface area contributed by atoms with E-state index in [1.54, 1.807) is 0 Å². The third-order valence-electron chi connectivity index (χ3n) is 4.73. The molecule has 0 saturated carbocycles. The molecule has 1 aliphatic rings. The number of nitrogens with one attached hydrogen (secondary N) is 1. The molecule has 0 unspecified atom stereocenters. The summed E-state index contributed by atoms with van der Waals surface area (Å²) in [6.45, 7) is 9.36. The molecule has 0 aromatic heterocycles. The molecule has 2 rings (SSSR count). The minimum absolute atomic E-state index is 0.860. The minimum atomic E-state index is 0.860. The Morgan fingerprint density at radius 1 is 0.905 bits per heavy atom. The van der Waals surface area contributed by atoms with Crippen LogP contribution in [0.2, 0.25) is 0 Å². The van der Waals surface area contributed by atoms with Crippen molar-refractivity contribution < 1.29 is 9.64 Å². The summed E-state index contributed by atoms with van der Waals surface area (Å²) in [4.78, 5) is 1.84. The van der Waals surface area contributed by atoms with E-state index in [1.807, 2.05) is 4.90 Å². The number of piperidine rings is 1. The van der Waals surface area contributed by atoms with E-state index in [4.69, 9.17) is 4.74 Å². The largest absolute Gasteiger partial charge is 0.494 e. The Balaban J connectivity index is 1.48. The molecular weight excluding hydrogens is 258 g/mol. The molecule has 1 fully saturated rings. The molecule has 1 N–H and O–H groups in total. The number of quaternary nitrogens is 1. The summed E-state index contributed by atoms with van der Waals surface area (Å²) in [6.07, 6.45) is 9.58. The average Bonchev–Trinajstić information content (AvgIpc) is 2.51. The van der Waals surface area contributed by atoms with Crippen LogP contribution in [-0.2, 0) is 0 Å². The van der Waals surface area contributed by atoms with Gasteiger partial charge in [0.05, 0.1) is 26.2 Å². The van der Waals surface area contributed by atoms with Gasteiger partial charge in [-0.15, -0.1) is 0 Å². The fourth-order valence-corrected chi connectivity index (χ4v) is 3.13. The molecular formula is C19H32NO+. The molecule has 0 bridgehead atoms. The third kappa shape index (κ3) is 6.09. The number of benzene rings is 1. The first kappa shape index (κ1) is 16.4. The molecule has 1 aromatic carbocycles. The number of likely N-dealkylation sites (tertiary alicyclic amines) is 1. The molecule has 2 heteroatoms. The fourth-order valence-electron chi connectivity index (χ4n) is 3.13. The van der Waals surface area contributed by atoms with Crippen LogP contribution in [0.3, 0.4) is 0 Å². The Morgan fingerprint density at radius 3 is 2.43 bits per heavy atom. The highest BCUT2D eigenvalue weighted by Gasteiger charge is 2.12. The molecule has 2 nitrogen and oxygen atoms in total. The van der Waals surface area contributed by atoms with Crippen molar-refractivity contribution in [2.75, 3.05) is 26.2 Å². The van der Waals surface area contributed by atoms with E-state index in [9.17, 15) is 0 Å². The first-order chi connectivity index (χ1) is 10.3. The summed E-state index contributed by atoms with van der Waals surface area (Å²) < 4.78 is 5.83. The van der Waals surface area contributed by atoms with Crippen molar-refractivity contribution in [2.24, 2.45) is 0 Å². The molecule has 0 aliphatic carbocycles. The van der Waals surface area contributed by atoms with Crippen molar-refractivity contribution in [1.29, 1.82) is 0 Å². The highest BCUT2D eigenvalue weighted by atomic mass is 16.5. The normalized spacial score (nSPS) is 16.1. The molecule has 1 saturated heterocycles. The lowest BCUT2D eigenvalue weighted by Crippen LogP contribution is -3.12. The Hall–Kier alpha value is -1.02. The summed E-state index contributed by atoms with van der Waals surface area (Å²) in [5.41, 5.74) is 2.65. The first-order valence-corrected chi connectivity index (χ1v) is 8.79. The lowest BCUT2D eigenvalue weighted by atomic mass is 10.1. The summed E-state index contributed by atoms with van der Waals surface area (Å²) in [7, 11) is 0. The highest BCUT2D eigenvalue weighted by Crippen LogP contribution is 2.16. The molecule has 1 aromatic rings. The zero-order valence-electron chi connectivity index (χ0n) is 13.9. The van der Waals surface area contributed by atoms with Gasteiger partial charge < -0.3 is 9.64 Å². The van der Waals surface area contributed by atoms with E-state index in [0.717, 1.165) is 12.4 Å². The van der Waals surface area contributed by atoms with Crippen molar-refractivity contribution in [1.82, 2.24) is 0 Å². The van der Waals surface area contributed by atoms with Gasteiger partial charge >= 0.3 is 0 Å². The topological polar surface area (TPSA) is 13.7 Å². The van der Waals surface area contributed by atoms with Crippen LogP contribution >= 0.6 is 0 Å². The number of ether oxygens (including phenoxy) is 1. The molecule has 0 atom stereocenters. The van der Waals surface area contributed by atoms with Gasteiger partial charge in [-0.2, -0.15) is 0 Å². The van der Waals surface area contributed by atoms with Crippen molar-refractivity contribution in [3.8, 4) is 5.75 Å². The van der Waals surface area contributed by atoms with E-state index in [1.165, 1.54) is 75.7 Å². The Bertz CT molecular complexity index is 410. The van der Waals surface area contributed by atoms with Gasteiger partial charge in [-0.1, -0.05) is 6.07 Å². The van der Waals surface area contributed by atoms with Gasteiger partial charge in [-0.3, -0.25) is 0 Å². The van der Waals surface area contributed by atoms with Gasteiger partial charge in [-0.25, -0.2) is 0 Å². The molecule has 1 heterocycles. The smallest absolute Gasteiger partial charge is 0.119 e. The Kier molecular flexibility index (Phi) is 7.08. The van der Waals surface area contributed by atoms with Crippen LogP contribution in [-0.4, -0.2) is 26.2 Å². The second kappa shape index (κ2) is 9.09. The SMILES string of the molecule is Cc1ccc(OCCCCCC[NH+]2CCCCC2)cc1C. The second-order valence-corrected chi connectivity index (χ2v) is 6.57. The minimum Gasteiger partial charge on any atom is -0.494 e. The van der Waals surface area contributed by atoms with E-state index in [2.05, 4.69) is 32.0 Å². The first-order valence-electron chi connectivity index (χ1n) is 8.79. The van der Waals surface area contributed by atoms with Gasteiger partial charge in [0.2, 0.25) is 0 Å². The molecule has 1 aliphatic heterocycles. The van der Waals surface area contributed by atoms with Gasteiger partial charge in [0.25, 0.3) is 0 Å². The molecule has 118 valence electrons. The van der Waals surface area contributed by atoms with E-state index >= 15 is 0 Å². The Labute approximate surface area is 130 Å². The summed E-state index contributed by atoms with van der Waals surface area (Å²) in [5, 5.41) is 0. The predicted octanol–water partition coefficient (Wildman–Crippen LogP) is 3.31. The number of unbranched alkanes of at least 4 members (excludes halogenated alkanes) is 3. The number of rotatable bonds is 8.